The van der Waals surface area contributed by atoms with Gasteiger partial charge in [0.1, 0.15) is 12.6 Å². The number of carbonyl (C=O) groups excluding carboxylic acids is 2. The zero-order chi connectivity index (χ0) is 20.4. The van der Waals surface area contributed by atoms with E-state index in [0.717, 1.165) is 20.9 Å². The highest BCUT2D eigenvalue weighted by Crippen LogP contribution is 2.13. The number of anilines is 1. The summed E-state index contributed by atoms with van der Waals surface area (Å²) in [5.41, 5.74) is 1.47. The molecular formula is C19H19IN2O5S. The molecule has 0 aromatic heterocycles. The number of nitrogens with one attached hydrogen (secondary N) is 2. The molecule has 0 radical (unpaired) electrons. The van der Waals surface area contributed by atoms with Crippen LogP contribution in [0.1, 0.15) is 5.56 Å². The smallest absolute Gasteiger partial charge is 0.408 e. The number of rotatable bonds is 9. The normalized spacial score (nSPS) is 11.3. The SMILES string of the molecule is O=C(CSCC(NC(=O)OCc1ccccc1)C(=O)O)Nc1cccc(I)c1. The number of benzene rings is 2. The minimum absolute atomic E-state index is 0.0372. The summed E-state index contributed by atoms with van der Waals surface area (Å²) in [4.78, 5) is 35.1. The molecular weight excluding hydrogens is 495 g/mol. The van der Waals surface area contributed by atoms with E-state index in [2.05, 4.69) is 33.2 Å². The van der Waals surface area contributed by atoms with Gasteiger partial charge in [0, 0.05) is 15.0 Å². The van der Waals surface area contributed by atoms with E-state index in [9.17, 15) is 19.5 Å². The maximum absolute atomic E-state index is 12.0. The number of thioether (sulfide) groups is 1. The van der Waals surface area contributed by atoms with Gasteiger partial charge in [0.2, 0.25) is 5.91 Å². The fourth-order valence-electron chi connectivity index (χ4n) is 2.11. The number of hydrogen-bond acceptors (Lipinski definition) is 5. The number of aliphatic carboxylic acids is 1. The van der Waals surface area contributed by atoms with Crippen LogP contribution in [-0.4, -0.2) is 40.6 Å². The first-order valence-electron chi connectivity index (χ1n) is 8.27. The Kier molecular flexibility index (Phi) is 9.08. The second kappa shape index (κ2) is 11.5. The summed E-state index contributed by atoms with van der Waals surface area (Å²) in [6, 6.07) is 15.2. The van der Waals surface area contributed by atoms with E-state index < -0.39 is 18.1 Å². The predicted molar refractivity (Wildman–Crippen MR) is 116 cm³/mol. The van der Waals surface area contributed by atoms with Crippen molar-refractivity contribution in [2.75, 3.05) is 16.8 Å². The summed E-state index contributed by atoms with van der Waals surface area (Å²) in [6.45, 7) is 0.0461. The second-order valence-electron chi connectivity index (χ2n) is 5.67. The van der Waals surface area contributed by atoms with Gasteiger partial charge in [-0.05, 0) is 46.4 Å². The Morgan fingerprint density at radius 2 is 1.86 bits per heavy atom. The van der Waals surface area contributed by atoms with Crippen LogP contribution in [0, 0.1) is 3.57 Å². The second-order valence-corrected chi connectivity index (χ2v) is 7.95. The van der Waals surface area contributed by atoms with E-state index in [1.54, 1.807) is 18.2 Å². The standard InChI is InChI=1S/C19H19IN2O5S/c20-14-7-4-8-15(9-14)21-17(23)12-28-11-16(18(24)25)22-19(26)27-10-13-5-2-1-3-6-13/h1-9,16H,10-12H2,(H,21,23)(H,22,26)(H,24,25). The minimum Gasteiger partial charge on any atom is -0.480 e. The van der Waals surface area contributed by atoms with Crippen molar-refractivity contribution >= 4 is 58.0 Å². The molecule has 0 heterocycles. The largest absolute Gasteiger partial charge is 0.480 e. The van der Waals surface area contributed by atoms with Crippen LogP contribution in [0.2, 0.25) is 0 Å². The molecule has 0 aliphatic heterocycles. The fourth-order valence-corrected chi connectivity index (χ4v) is 3.49. The van der Waals surface area contributed by atoms with Crippen molar-refractivity contribution in [2.45, 2.75) is 12.6 Å². The quantitative estimate of drug-likeness (QED) is 0.444. The molecule has 0 aliphatic rings. The van der Waals surface area contributed by atoms with Gasteiger partial charge in [-0.1, -0.05) is 36.4 Å². The molecule has 0 saturated carbocycles. The lowest BCUT2D eigenvalue weighted by Crippen LogP contribution is -2.43. The van der Waals surface area contributed by atoms with Gasteiger partial charge in [-0.3, -0.25) is 4.79 Å². The van der Waals surface area contributed by atoms with Crippen LogP contribution in [0.3, 0.4) is 0 Å². The van der Waals surface area contributed by atoms with Crippen molar-refractivity contribution in [2.24, 2.45) is 0 Å². The van der Waals surface area contributed by atoms with Gasteiger partial charge in [-0.25, -0.2) is 9.59 Å². The topological polar surface area (TPSA) is 105 Å². The van der Waals surface area contributed by atoms with Crippen LogP contribution in [0.25, 0.3) is 0 Å². The van der Waals surface area contributed by atoms with Crippen LogP contribution in [0.4, 0.5) is 10.5 Å². The van der Waals surface area contributed by atoms with Gasteiger partial charge in [0.05, 0.1) is 5.75 Å². The summed E-state index contributed by atoms with van der Waals surface area (Å²) in [6.07, 6.45) is -0.819. The molecule has 2 aromatic carbocycles. The molecule has 2 rings (SSSR count). The van der Waals surface area contributed by atoms with Crippen molar-refractivity contribution in [3.8, 4) is 0 Å². The Morgan fingerprint density at radius 3 is 2.54 bits per heavy atom. The third-order valence-corrected chi connectivity index (χ3v) is 5.14. The molecule has 1 unspecified atom stereocenters. The van der Waals surface area contributed by atoms with E-state index in [0.29, 0.717) is 5.69 Å². The lowest BCUT2D eigenvalue weighted by atomic mass is 10.2. The Hall–Kier alpha value is -2.27. The van der Waals surface area contributed by atoms with Gasteiger partial charge in [0.15, 0.2) is 0 Å². The number of carboxylic acid groups (broad SMARTS) is 1. The van der Waals surface area contributed by atoms with Gasteiger partial charge in [-0.2, -0.15) is 0 Å². The molecule has 1 atom stereocenters. The number of carbonyl (C=O) groups is 3. The molecule has 28 heavy (non-hydrogen) atoms. The maximum atomic E-state index is 12.0. The van der Waals surface area contributed by atoms with Crippen molar-refractivity contribution in [3.63, 3.8) is 0 Å². The van der Waals surface area contributed by atoms with Crippen molar-refractivity contribution in [3.05, 3.63) is 63.7 Å². The molecule has 148 valence electrons. The van der Waals surface area contributed by atoms with E-state index in [1.165, 1.54) is 0 Å². The van der Waals surface area contributed by atoms with Crippen LogP contribution in [0.5, 0.6) is 0 Å². The Labute approximate surface area is 180 Å². The van der Waals surface area contributed by atoms with Crippen molar-refractivity contribution in [1.29, 1.82) is 0 Å². The van der Waals surface area contributed by atoms with Crippen LogP contribution >= 0.6 is 34.4 Å². The lowest BCUT2D eigenvalue weighted by Gasteiger charge is -2.14. The molecule has 0 saturated heterocycles. The van der Waals surface area contributed by atoms with Crippen molar-refractivity contribution in [1.82, 2.24) is 5.32 Å². The van der Waals surface area contributed by atoms with E-state index in [4.69, 9.17) is 4.74 Å². The first kappa shape index (κ1) is 22.0. The lowest BCUT2D eigenvalue weighted by molar-refractivity contribution is -0.138. The van der Waals surface area contributed by atoms with Gasteiger partial charge in [0.25, 0.3) is 0 Å². The number of alkyl carbamates (subject to hydrolysis) is 1. The van der Waals surface area contributed by atoms with Gasteiger partial charge in [-0.15, -0.1) is 11.8 Å². The Morgan fingerprint density at radius 1 is 1.11 bits per heavy atom. The van der Waals surface area contributed by atoms with Crippen LogP contribution < -0.4 is 10.6 Å². The summed E-state index contributed by atoms with van der Waals surface area (Å²) in [5.74, 6) is -1.34. The fraction of sp³-hybridized carbons (Fsp3) is 0.211. The molecule has 3 N–H and O–H groups in total. The first-order valence-corrected chi connectivity index (χ1v) is 10.5. The Balaban J connectivity index is 1.73. The van der Waals surface area contributed by atoms with Crippen LogP contribution in [-0.2, 0) is 20.9 Å². The minimum atomic E-state index is -1.19. The highest BCUT2D eigenvalue weighted by atomic mass is 127. The number of amides is 2. The number of halogens is 1. The van der Waals surface area contributed by atoms with E-state index in [-0.39, 0.29) is 24.0 Å². The summed E-state index contributed by atoms with van der Waals surface area (Å²) < 4.78 is 6.02. The molecule has 0 spiro atoms. The molecule has 0 aliphatic carbocycles. The molecule has 9 heteroatoms. The molecule has 2 aromatic rings. The Bertz CT molecular complexity index is 819. The van der Waals surface area contributed by atoms with Gasteiger partial charge < -0.3 is 20.5 Å². The molecule has 2 amide bonds. The predicted octanol–water partition coefficient (Wildman–Crippen LogP) is 3.34. The average molecular weight is 514 g/mol. The first-order chi connectivity index (χ1) is 13.4. The van der Waals surface area contributed by atoms with Crippen molar-refractivity contribution < 1.29 is 24.2 Å². The average Bonchev–Trinajstić information content (AvgIpc) is 2.66. The van der Waals surface area contributed by atoms with E-state index >= 15 is 0 Å². The number of ether oxygens (including phenoxy) is 1. The number of hydrogen-bond donors (Lipinski definition) is 3. The third-order valence-electron chi connectivity index (χ3n) is 3.43. The van der Waals surface area contributed by atoms with Gasteiger partial charge >= 0.3 is 12.1 Å². The summed E-state index contributed by atoms with van der Waals surface area (Å²) in [7, 11) is 0. The third kappa shape index (κ3) is 8.17. The molecule has 0 fully saturated rings. The zero-order valence-corrected chi connectivity index (χ0v) is 17.7. The molecule has 7 nitrogen and oxygen atoms in total. The maximum Gasteiger partial charge on any atom is 0.408 e. The summed E-state index contributed by atoms with van der Waals surface area (Å²) >= 11 is 3.26. The summed E-state index contributed by atoms with van der Waals surface area (Å²) in [5, 5.41) is 14.3. The highest BCUT2D eigenvalue weighted by Gasteiger charge is 2.21. The number of carboxylic acids is 1. The van der Waals surface area contributed by atoms with Crippen LogP contribution in [0.15, 0.2) is 54.6 Å². The molecule has 0 bridgehead atoms. The van der Waals surface area contributed by atoms with E-state index in [1.807, 2.05) is 36.4 Å². The highest BCUT2D eigenvalue weighted by molar-refractivity contribution is 14.1. The zero-order valence-electron chi connectivity index (χ0n) is 14.8. The monoisotopic (exact) mass is 514 g/mol.